The number of hydrogen-bond acceptors (Lipinski definition) is 6. The Morgan fingerprint density at radius 3 is 2.64 bits per heavy atom. The molecule has 2 saturated heterocycles. The first-order chi connectivity index (χ1) is 15.9. The van der Waals surface area contributed by atoms with Crippen molar-refractivity contribution in [1.29, 1.82) is 5.26 Å². The van der Waals surface area contributed by atoms with Gasteiger partial charge in [-0.25, -0.2) is 8.78 Å². The number of carbonyl (C=O) groups excluding carboxylic acids is 1. The van der Waals surface area contributed by atoms with Crippen molar-refractivity contribution in [1.82, 2.24) is 20.2 Å². The number of aromatic nitrogens is 2. The van der Waals surface area contributed by atoms with Crippen LogP contribution in [0.5, 0.6) is 0 Å². The smallest absolute Gasteiger partial charge is 0.251 e. The monoisotopic (exact) mass is 456 g/mol. The van der Waals surface area contributed by atoms with Crippen LogP contribution in [0.2, 0.25) is 0 Å². The first-order valence-electron chi connectivity index (χ1n) is 11.6. The van der Waals surface area contributed by atoms with E-state index in [-0.39, 0.29) is 24.4 Å². The van der Waals surface area contributed by atoms with E-state index in [1.807, 2.05) is 6.07 Å². The maximum atomic E-state index is 12.8. The molecule has 3 heterocycles. The highest BCUT2D eigenvalue weighted by Gasteiger charge is 2.29. The van der Waals surface area contributed by atoms with Crippen molar-refractivity contribution in [2.45, 2.75) is 45.1 Å². The first kappa shape index (κ1) is 23.3. The molecule has 0 unspecified atom stereocenters. The van der Waals surface area contributed by atoms with E-state index in [4.69, 9.17) is 0 Å². The Morgan fingerprint density at radius 2 is 1.94 bits per heavy atom. The summed E-state index contributed by atoms with van der Waals surface area (Å²) >= 11 is 0. The fraction of sp³-hybridized carbons (Fsp3) is 0.583. The summed E-state index contributed by atoms with van der Waals surface area (Å²) in [7, 11) is 0. The standard InChI is InChI=1S/C24H30F2N6O/c1-16-10-19(30-22(33)11-17-4-8-31(9-5-17)15-21(25)26)14-32(13-16)20-3-2-18(12-27)23-24(20)29-7-6-28-23/h2-3,6-7,16-17,19,21H,4-5,8-11,13-15H2,1H3,(H,30,33)/t16-,19+/m0/s1. The van der Waals surface area contributed by atoms with Gasteiger partial charge in [-0.1, -0.05) is 6.92 Å². The van der Waals surface area contributed by atoms with Gasteiger partial charge in [-0.05, 0) is 56.3 Å². The number of anilines is 1. The highest BCUT2D eigenvalue weighted by molar-refractivity contribution is 5.92. The molecule has 1 N–H and O–H groups in total. The third-order valence-corrected chi connectivity index (χ3v) is 6.67. The fourth-order valence-corrected chi connectivity index (χ4v) is 5.16. The van der Waals surface area contributed by atoms with Gasteiger partial charge < -0.3 is 10.2 Å². The molecule has 0 bridgehead atoms. The molecule has 2 aromatic rings. The molecule has 1 amide bonds. The molecule has 2 aliphatic rings. The number of nitrogens with zero attached hydrogens (tertiary/aromatic N) is 5. The van der Waals surface area contributed by atoms with Gasteiger partial charge in [-0.2, -0.15) is 5.26 Å². The minimum Gasteiger partial charge on any atom is -0.367 e. The van der Waals surface area contributed by atoms with Crippen molar-refractivity contribution in [2.75, 3.05) is 37.6 Å². The number of nitriles is 1. The summed E-state index contributed by atoms with van der Waals surface area (Å²) in [5, 5.41) is 12.6. The second-order valence-electron chi connectivity index (χ2n) is 9.35. The molecule has 33 heavy (non-hydrogen) atoms. The maximum absolute atomic E-state index is 12.8. The van der Waals surface area contributed by atoms with E-state index < -0.39 is 6.43 Å². The van der Waals surface area contributed by atoms with E-state index in [1.165, 1.54) is 0 Å². The van der Waals surface area contributed by atoms with Gasteiger partial charge in [-0.15, -0.1) is 0 Å². The Balaban J connectivity index is 1.37. The lowest BCUT2D eigenvalue weighted by atomic mass is 9.92. The van der Waals surface area contributed by atoms with Gasteiger partial charge in [0.2, 0.25) is 5.91 Å². The number of nitrogens with one attached hydrogen (secondary N) is 1. The number of rotatable bonds is 6. The summed E-state index contributed by atoms with van der Waals surface area (Å²) in [5.74, 6) is 0.656. The van der Waals surface area contributed by atoms with Gasteiger partial charge >= 0.3 is 0 Å². The number of alkyl halides is 2. The zero-order chi connectivity index (χ0) is 23.4. The summed E-state index contributed by atoms with van der Waals surface area (Å²) in [5.41, 5.74) is 2.71. The van der Waals surface area contributed by atoms with Crippen LogP contribution in [0.3, 0.4) is 0 Å². The minimum atomic E-state index is -2.31. The van der Waals surface area contributed by atoms with Crippen LogP contribution in [0.4, 0.5) is 14.5 Å². The molecular weight excluding hydrogens is 426 g/mol. The number of benzene rings is 1. The lowest BCUT2D eigenvalue weighted by molar-refractivity contribution is -0.123. The van der Waals surface area contributed by atoms with Crippen LogP contribution in [-0.2, 0) is 4.79 Å². The number of halogens is 2. The second-order valence-corrected chi connectivity index (χ2v) is 9.35. The highest BCUT2D eigenvalue weighted by atomic mass is 19.3. The van der Waals surface area contributed by atoms with Gasteiger partial charge in [0, 0.05) is 37.9 Å². The largest absolute Gasteiger partial charge is 0.367 e. The predicted molar refractivity (Wildman–Crippen MR) is 122 cm³/mol. The Kier molecular flexibility index (Phi) is 7.33. The SMILES string of the molecule is C[C@H]1C[C@@H](NC(=O)CC2CCN(CC(F)F)CC2)CN(c2ccc(C#N)c3nccnc23)C1. The number of likely N-dealkylation sites (tertiary alicyclic amines) is 1. The van der Waals surface area contributed by atoms with E-state index in [0.717, 1.165) is 31.5 Å². The van der Waals surface area contributed by atoms with Crippen LogP contribution in [0.1, 0.15) is 38.2 Å². The molecule has 0 aliphatic carbocycles. The zero-order valence-electron chi connectivity index (χ0n) is 18.9. The van der Waals surface area contributed by atoms with Gasteiger partial charge in [0.15, 0.2) is 0 Å². The van der Waals surface area contributed by atoms with Crippen LogP contribution < -0.4 is 10.2 Å². The van der Waals surface area contributed by atoms with Gasteiger partial charge in [0.1, 0.15) is 17.1 Å². The molecule has 1 aromatic carbocycles. The normalized spacial score (nSPS) is 22.5. The van der Waals surface area contributed by atoms with Crippen LogP contribution in [0.15, 0.2) is 24.5 Å². The molecule has 0 radical (unpaired) electrons. The Hall–Kier alpha value is -2.86. The molecule has 2 atom stereocenters. The molecule has 9 heteroatoms. The number of piperidine rings is 2. The van der Waals surface area contributed by atoms with Crippen molar-refractivity contribution in [3.05, 3.63) is 30.1 Å². The molecule has 1 aromatic heterocycles. The molecule has 7 nitrogen and oxygen atoms in total. The third kappa shape index (κ3) is 5.74. The average Bonchev–Trinajstić information content (AvgIpc) is 2.79. The maximum Gasteiger partial charge on any atom is 0.251 e. The van der Waals surface area contributed by atoms with Crippen molar-refractivity contribution in [3.63, 3.8) is 0 Å². The van der Waals surface area contributed by atoms with Crippen molar-refractivity contribution < 1.29 is 13.6 Å². The molecule has 176 valence electrons. The molecule has 2 aliphatic heterocycles. The zero-order valence-corrected chi connectivity index (χ0v) is 18.9. The fourth-order valence-electron chi connectivity index (χ4n) is 5.16. The highest BCUT2D eigenvalue weighted by Crippen LogP contribution is 2.30. The molecule has 0 spiro atoms. The first-order valence-corrected chi connectivity index (χ1v) is 11.6. The number of carbonyl (C=O) groups is 1. The van der Waals surface area contributed by atoms with E-state index >= 15 is 0 Å². The molecular formula is C24H30F2N6O. The quantitative estimate of drug-likeness (QED) is 0.719. The number of hydrogen-bond donors (Lipinski definition) is 1. The Bertz CT molecular complexity index is 1020. The summed E-state index contributed by atoms with van der Waals surface area (Å²) in [6.07, 6.45) is 3.82. The third-order valence-electron chi connectivity index (χ3n) is 6.67. The van der Waals surface area contributed by atoms with Crippen LogP contribution in [0.25, 0.3) is 11.0 Å². The average molecular weight is 457 g/mol. The van der Waals surface area contributed by atoms with Gasteiger partial charge in [0.25, 0.3) is 6.43 Å². The summed E-state index contributed by atoms with van der Waals surface area (Å²) < 4.78 is 25.1. The van der Waals surface area contributed by atoms with Gasteiger partial charge in [-0.3, -0.25) is 19.7 Å². The van der Waals surface area contributed by atoms with Crippen LogP contribution >= 0.6 is 0 Å². The molecule has 0 saturated carbocycles. The van der Waals surface area contributed by atoms with Crippen molar-refractivity contribution in [3.8, 4) is 6.07 Å². The van der Waals surface area contributed by atoms with Crippen molar-refractivity contribution >= 4 is 22.6 Å². The lowest BCUT2D eigenvalue weighted by Gasteiger charge is -2.39. The topological polar surface area (TPSA) is 85.2 Å². The Labute approximate surface area is 192 Å². The number of amides is 1. The summed E-state index contributed by atoms with van der Waals surface area (Å²) in [6.45, 7) is 4.75. The van der Waals surface area contributed by atoms with Gasteiger partial charge in [0.05, 0.1) is 17.8 Å². The van der Waals surface area contributed by atoms with Crippen LogP contribution in [-0.4, -0.2) is 66.0 Å². The second kappa shape index (κ2) is 10.4. The van der Waals surface area contributed by atoms with E-state index in [0.29, 0.717) is 48.6 Å². The van der Waals surface area contributed by atoms with Crippen molar-refractivity contribution in [2.24, 2.45) is 11.8 Å². The van der Waals surface area contributed by atoms with E-state index in [9.17, 15) is 18.8 Å². The van der Waals surface area contributed by atoms with Crippen LogP contribution in [0, 0.1) is 23.2 Å². The minimum absolute atomic E-state index is 0.0162. The lowest BCUT2D eigenvalue weighted by Crippen LogP contribution is -2.51. The molecule has 4 rings (SSSR count). The van der Waals surface area contributed by atoms with E-state index in [1.54, 1.807) is 23.4 Å². The summed E-state index contributed by atoms with van der Waals surface area (Å²) in [6, 6.07) is 5.89. The number of fused-ring (bicyclic) bond motifs is 1. The Morgan fingerprint density at radius 1 is 1.21 bits per heavy atom. The summed E-state index contributed by atoms with van der Waals surface area (Å²) in [4.78, 5) is 25.6. The molecule has 2 fully saturated rings. The van der Waals surface area contributed by atoms with E-state index in [2.05, 4.69) is 33.2 Å². The predicted octanol–water partition coefficient (Wildman–Crippen LogP) is 3.20.